The molecular formula is C23H37Cl2HfNOSi. The van der Waals surface area contributed by atoms with Crippen LogP contribution in [0.25, 0.3) is 16.5 Å². The third kappa shape index (κ3) is 24.1. The summed E-state index contributed by atoms with van der Waals surface area (Å²) in [4.78, 5) is 10.3. The molecule has 162 valence electrons. The van der Waals surface area contributed by atoms with Gasteiger partial charge in [0.05, 0.1) is 0 Å². The number of halogens is 2. The number of fused-ring (bicyclic) bond motifs is 1. The quantitative estimate of drug-likeness (QED) is 0.227. The van der Waals surface area contributed by atoms with Crippen molar-refractivity contribution in [1.82, 2.24) is 0 Å². The van der Waals surface area contributed by atoms with E-state index < -0.39 is 5.91 Å². The van der Waals surface area contributed by atoms with Gasteiger partial charge in [0.1, 0.15) is 0 Å². The third-order valence-corrected chi connectivity index (χ3v) is 4.05. The van der Waals surface area contributed by atoms with Gasteiger partial charge in [0.15, 0.2) is 0 Å². The van der Waals surface area contributed by atoms with Gasteiger partial charge in [-0.2, -0.15) is 17.5 Å². The summed E-state index contributed by atoms with van der Waals surface area (Å²) in [5.41, 5.74) is 6.73. The predicted octanol–water partition coefficient (Wildman–Crippen LogP) is 1.84. The third-order valence-electron chi connectivity index (χ3n) is 4.05. The Balaban J connectivity index is -0.000000180. The van der Waals surface area contributed by atoms with Crippen LogP contribution in [0.4, 0.5) is 0 Å². The summed E-state index contributed by atoms with van der Waals surface area (Å²) in [5.74, 6) is -0.409. The number of amides is 1. The van der Waals surface area contributed by atoms with Crippen molar-refractivity contribution < 1.29 is 55.5 Å². The minimum absolute atomic E-state index is 0. The van der Waals surface area contributed by atoms with E-state index in [0.29, 0.717) is 6.42 Å². The normalized spacial score (nSPS) is 8.79. The molecule has 2 aromatic carbocycles. The number of hydrogen-bond donors (Lipinski definition) is 0. The monoisotopic (exact) mass is 621 g/mol. The molecular weight excluding hydrogens is 584 g/mol. The summed E-state index contributed by atoms with van der Waals surface area (Å²) in [6.45, 7) is 6.54. The summed E-state index contributed by atoms with van der Waals surface area (Å²) in [7, 11) is 1.08. The Hall–Kier alpha value is -0.0330. The Labute approximate surface area is 213 Å². The molecule has 0 aromatic heterocycles. The molecule has 1 amide bonds. The van der Waals surface area contributed by atoms with Crippen molar-refractivity contribution in [1.29, 1.82) is 0 Å². The average Bonchev–Trinajstić information content (AvgIpc) is 3.10. The van der Waals surface area contributed by atoms with Gasteiger partial charge in [0.25, 0.3) is 0 Å². The number of rotatable bonds is 10. The number of carbonyl (C=O) groups is 1. The second kappa shape index (κ2) is 28.0. The molecule has 2 rings (SSSR count). The molecule has 2 nitrogen and oxygen atoms in total. The van der Waals surface area contributed by atoms with Gasteiger partial charge < -0.3 is 35.3 Å². The molecule has 0 bridgehead atoms. The van der Waals surface area contributed by atoms with E-state index in [0.717, 1.165) is 22.4 Å². The fraction of sp³-hybridized carbons (Fsp3) is 0.565. The Morgan fingerprint density at radius 2 is 1.38 bits per heavy atom. The Morgan fingerprint density at radius 3 is 1.86 bits per heavy atom. The molecule has 2 radical (unpaired) electrons. The van der Waals surface area contributed by atoms with Gasteiger partial charge in [-0.15, -0.1) is 29.7 Å². The van der Waals surface area contributed by atoms with Crippen LogP contribution in [-0.4, -0.2) is 15.4 Å². The second-order valence-corrected chi connectivity index (χ2v) is 7.66. The molecule has 0 saturated carbocycles. The van der Waals surface area contributed by atoms with E-state index in [2.05, 4.69) is 62.5 Å². The maximum Gasteiger partial charge on any atom is 4.00 e. The zero-order valence-electron chi connectivity index (χ0n) is 18.3. The summed E-state index contributed by atoms with van der Waals surface area (Å²) in [6.07, 6.45) is 11.8. The molecule has 0 aliphatic heterocycles. The summed E-state index contributed by atoms with van der Waals surface area (Å²) >= 11 is 0. The zero-order chi connectivity index (χ0) is 19.5. The molecule has 0 aliphatic carbocycles. The number of unbranched alkanes of at least 4 members (excludes halogenated alkanes) is 8. The van der Waals surface area contributed by atoms with E-state index >= 15 is 0 Å². The number of carbonyl (C=O) groups excluding carboxylic acids is 1. The summed E-state index contributed by atoms with van der Waals surface area (Å²) in [5, 5.41) is 2.66. The molecule has 0 atom stereocenters. The van der Waals surface area contributed by atoms with Gasteiger partial charge in [-0.1, -0.05) is 77.5 Å². The van der Waals surface area contributed by atoms with Gasteiger partial charge in [-0.25, -0.2) is 0 Å². The summed E-state index contributed by atoms with van der Waals surface area (Å²) in [6, 6.07) is 14.7. The molecule has 0 saturated heterocycles. The van der Waals surface area contributed by atoms with Gasteiger partial charge >= 0.3 is 25.8 Å². The van der Waals surface area contributed by atoms with Crippen LogP contribution in [0.3, 0.4) is 0 Å². The van der Waals surface area contributed by atoms with E-state index in [4.69, 9.17) is 5.73 Å². The van der Waals surface area contributed by atoms with Gasteiger partial charge in [0.2, 0.25) is 0 Å². The van der Waals surface area contributed by atoms with Gasteiger partial charge in [-0.3, -0.25) is 0 Å². The van der Waals surface area contributed by atoms with E-state index in [9.17, 15) is 4.79 Å². The van der Waals surface area contributed by atoms with Crippen molar-refractivity contribution >= 4 is 26.2 Å². The average molecular weight is 621 g/mol. The van der Waals surface area contributed by atoms with E-state index in [1.165, 1.54) is 55.7 Å². The smallest absolute Gasteiger partial charge is 1.00 e. The van der Waals surface area contributed by atoms with Crippen molar-refractivity contribution in [2.75, 3.05) is 0 Å². The maximum atomic E-state index is 10.3. The number of nitrogens with one attached hydrogen (secondary N) is 1. The molecule has 0 fully saturated rings. The summed E-state index contributed by atoms with van der Waals surface area (Å²) < 4.78 is 0. The van der Waals surface area contributed by atoms with Crippen LogP contribution in [0.2, 0.25) is 13.1 Å². The molecule has 0 heterocycles. The Kier molecular flexibility index (Phi) is 35.1. The zero-order valence-corrected chi connectivity index (χ0v) is 24.4. The second-order valence-electron chi connectivity index (χ2n) is 6.66. The molecule has 0 unspecified atom stereocenters. The van der Waals surface area contributed by atoms with Crippen molar-refractivity contribution in [2.45, 2.75) is 84.2 Å². The van der Waals surface area contributed by atoms with E-state index in [1.807, 2.05) is 0 Å². The first-order valence-corrected chi connectivity index (χ1v) is 12.1. The number of benzene rings is 1. The first kappa shape index (κ1) is 36.3. The standard InChI is InChI=1S/C12H25NO.C9H7.C2H6Si.2ClH.Hf/c1-2-3-4-5-6-7-8-9-10-11-12(13)14;1-2-5-9-7-3-6-8(9)4-1;1-3-2;;;/h2-11H2,1H3,(H2,13,14);1-7H;1-2H3;2*1H;/q;-1;;;;+4/p-3. The van der Waals surface area contributed by atoms with Crippen LogP contribution in [0.1, 0.15) is 71.1 Å². The maximum absolute atomic E-state index is 10.3. The van der Waals surface area contributed by atoms with Crippen LogP contribution >= 0.6 is 0 Å². The molecule has 1 N–H and O–H groups in total. The van der Waals surface area contributed by atoms with Crippen LogP contribution in [0, 0.1) is 0 Å². The fourth-order valence-corrected chi connectivity index (χ4v) is 2.67. The van der Waals surface area contributed by atoms with Crippen LogP contribution in [-0.2, 0) is 30.6 Å². The van der Waals surface area contributed by atoms with Crippen molar-refractivity contribution in [3.63, 3.8) is 0 Å². The minimum Gasteiger partial charge on any atom is -1.00 e. The Bertz CT molecular complexity index is 536. The van der Waals surface area contributed by atoms with E-state index in [-0.39, 0.29) is 50.7 Å². The van der Waals surface area contributed by atoms with Gasteiger partial charge in [0, 0.05) is 15.4 Å². The molecule has 0 aliphatic rings. The predicted molar refractivity (Wildman–Crippen MR) is 118 cm³/mol. The van der Waals surface area contributed by atoms with Gasteiger partial charge in [-0.05, 0) is 12.8 Å². The van der Waals surface area contributed by atoms with Crippen molar-refractivity contribution in [3.8, 4) is 0 Å². The van der Waals surface area contributed by atoms with Crippen LogP contribution < -0.4 is 24.8 Å². The molecule has 2 aromatic rings. The number of hydrogen-bond acceptors (Lipinski definition) is 1. The molecule has 6 heteroatoms. The van der Waals surface area contributed by atoms with Crippen molar-refractivity contribution in [2.24, 2.45) is 0 Å². The molecule has 0 spiro atoms. The minimum atomic E-state index is -0.409. The molecule has 29 heavy (non-hydrogen) atoms. The first-order valence-electron chi connectivity index (χ1n) is 10.1. The first-order chi connectivity index (χ1) is 12.7. The Morgan fingerprint density at radius 1 is 0.897 bits per heavy atom. The fourth-order valence-electron chi connectivity index (χ4n) is 2.67. The van der Waals surface area contributed by atoms with E-state index in [1.54, 1.807) is 0 Å². The largest absolute Gasteiger partial charge is 4.00 e. The van der Waals surface area contributed by atoms with Crippen LogP contribution in [0.5, 0.6) is 0 Å². The van der Waals surface area contributed by atoms with Crippen molar-refractivity contribution in [3.05, 3.63) is 48.2 Å². The topological polar surface area (TPSA) is 40.9 Å². The van der Waals surface area contributed by atoms with Crippen LogP contribution in [0.15, 0.2) is 42.5 Å². The SMILES string of the molecule is CCCCCCCCCCCC([NH-])=O.C[Si]C.[Cl-].[Cl-].[Hf+4].c1ccc2[cH-]ccc2c1.